The summed E-state index contributed by atoms with van der Waals surface area (Å²) in [6.45, 7) is 4.87. The zero-order chi connectivity index (χ0) is 20.3. The molecule has 7 nitrogen and oxygen atoms in total. The van der Waals surface area contributed by atoms with Crippen molar-refractivity contribution in [2.24, 2.45) is 0 Å². The van der Waals surface area contributed by atoms with E-state index in [1.54, 1.807) is 25.1 Å². The molecule has 28 heavy (non-hydrogen) atoms. The van der Waals surface area contributed by atoms with Gasteiger partial charge in [0.15, 0.2) is 0 Å². The van der Waals surface area contributed by atoms with Crippen LogP contribution in [-0.2, 0) is 0 Å². The first-order valence-corrected chi connectivity index (χ1v) is 10.0. The Hall–Kier alpha value is -2.87. The lowest BCUT2D eigenvalue weighted by atomic mass is 10.1. The van der Waals surface area contributed by atoms with Crippen LogP contribution < -0.4 is 5.32 Å². The number of anilines is 1. The summed E-state index contributed by atoms with van der Waals surface area (Å²) in [5.41, 5.74) is 2.42. The van der Waals surface area contributed by atoms with E-state index in [4.69, 9.17) is 5.11 Å². The van der Waals surface area contributed by atoms with E-state index < -0.39 is 11.9 Å². The zero-order valence-corrected chi connectivity index (χ0v) is 16.5. The van der Waals surface area contributed by atoms with Crippen molar-refractivity contribution in [3.63, 3.8) is 0 Å². The fraction of sp³-hybridized carbons (Fsp3) is 0.300. The smallest absolute Gasteiger partial charge is 0.337 e. The number of aromatic carboxylic acids is 1. The second kappa shape index (κ2) is 8.43. The number of aromatic nitrogens is 1. The van der Waals surface area contributed by atoms with Crippen molar-refractivity contribution in [3.8, 4) is 0 Å². The summed E-state index contributed by atoms with van der Waals surface area (Å²) in [6.07, 6.45) is 0. The van der Waals surface area contributed by atoms with Crippen molar-refractivity contribution in [2.45, 2.75) is 13.8 Å². The molecule has 2 aromatic rings. The number of carboxylic acids is 1. The highest BCUT2D eigenvalue weighted by Crippen LogP contribution is 2.20. The number of carboxylic acid groups (broad SMARTS) is 1. The number of carbonyl (C=O) groups excluding carboxylic acids is 2. The predicted octanol–water partition coefficient (Wildman–Crippen LogP) is 2.84. The molecule has 0 aliphatic carbocycles. The summed E-state index contributed by atoms with van der Waals surface area (Å²) in [7, 11) is 0. The second-order valence-corrected chi connectivity index (χ2v) is 7.75. The molecular weight excluding hydrogens is 378 g/mol. The average molecular weight is 399 g/mol. The van der Waals surface area contributed by atoms with Crippen LogP contribution in [-0.4, -0.2) is 57.4 Å². The third kappa shape index (κ3) is 4.33. The molecule has 2 N–H and O–H groups in total. The number of carbonyl (C=O) groups is 3. The molecule has 0 unspecified atom stereocenters. The van der Waals surface area contributed by atoms with Gasteiger partial charge in [-0.1, -0.05) is 0 Å². The summed E-state index contributed by atoms with van der Waals surface area (Å²) in [5.74, 6) is 0.385. The molecule has 8 heteroatoms. The molecule has 0 saturated carbocycles. The Balaban J connectivity index is 1.74. The monoisotopic (exact) mass is 399 g/mol. The number of hydrogen-bond donors (Lipinski definition) is 2. The third-order valence-electron chi connectivity index (χ3n) is 4.57. The highest BCUT2D eigenvalue weighted by molar-refractivity contribution is 7.99. The summed E-state index contributed by atoms with van der Waals surface area (Å²) in [5, 5.41) is 11.8. The Bertz CT molecular complexity index is 939. The van der Waals surface area contributed by atoms with Gasteiger partial charge in [0, 0.05) is 35.8 Å². The van der Waals surface area contributed by atoms with Crippen molar-refractivity contribution >= 4 is 35.2 Å². The Morgan fingerprint density at radius 1 is 1.11 bits per heavy atom. The molecule has 1 fully saturated rings. The number of hydrogen-bond acceptors (Lipinski definition) is 5. The highest BCUT2D eigenvalue weighted by Gasteiger charge is 2.19. The molecule has 2 amide bonds. The molecule has 1 aliphatic rings. The van der Waals surface area contributed by atoms with E-state index in [-0.39, 0.29) is 22.9 Å². The molecule has 3 rings (SSSR count). The van der Waals surface area contributed by atoms with E-state index in [1.165, 1.54) is 12.1 Å². The van der Waals surface area contributed by atoms with Crippen LogP contribution in [0.2, 0.25) is 0 Å². The number of nitrogens with one attached hydrogen (secondary N) is 1. The lowest BCUT2D eigenvalue weighted by Crippen LogP contribution is -2.37. The summed E-state index contributed by atoms with van der Waals surface area (Å²) in [4.78, 5) is 42.1. The van der Waals surface area contributed by atoms with E-state index in [0.29, 0.717) is 11.3 Å². The fourth-order valence-electron chi connectivity index (χ4n) is 2.99. The van der Waals surface area contributed by atoms with E-state index in [9.17, 15) is 14.4 Å². The molecule has 1 aliphatic heterocycles. The molecule has 0 radical (unpaired) electrons. The van der Waals surface area contributed by atoms with Gasteiger partial charge in [-0.25, -0.2) is 9.78 Å². The van der Waals surface area contributed by atoms with Crippen LogP contribution >= 0.6 is 11.8 Å². The SMILES string of the molecule is Cc1cc(C(=O)N2CCSCC2)ccc1NC(=O)c1ccc(C(=O)O)c(C)n1. The van der Waals surface area contributed by atoms with Crippen LogP contribution in [0.5, 0.6) is 0 Å². The number of amides is 2. The van der Waals surface area contributed by atoms with Gasteiger partial charge in [0.25, 0.3) is 11.8 Å². The minimum absolute atomic E-state index is 0.00262. The second-order valence-electron chi connectivity index (χ2n) is 6.52. The summed E-state index contributed by atoms with van der Waals surface area (Å²) >= 11 is 1.85. The Morgan fingerprint density at radius 2 is 1.82 bits per heavy atom. The first-order valence-electron chi connectivity index (χ1n) is 8.87. The average Bonchev–Trinajstić information content (AvgIpc) is 2.69. The minimum Gasteiger partial charge on any atom is -0.478 e. The van der Waals surface area contributed by atoms with Crippen molar-refractivity contribution in [3.05, 3.63) is 58.4 Å². The lowest BCUT2D eigenvalue weighted by molar-refractivity contribution is 0.0694. The van der Waals surface area contributed by atoms with Crippen LogP contribution in [0.25, 0.3) is 0 Å². The summed E-state index contributed by atoms with van der Waals surface area (Å²) < 4.78 is 0. The molecule has 146 valence electrons. The largest absolute Gasteiger partial charge is 0.478 e. The van der Waals surface area contributed by atoms with E-state index in [1.807, 2.05) is 23.6 Å². The maximum absolute atomic E-state index is 12.6. The molecule has 0 spiro atoms. The van der Waals surface area contributed by atoms with Gasteiger partial charge in [-0.05, 0) is 49.7 Å². The minimum atomic E-state index is -1.08. The standard InChI is InChI=1S/C20H21N3O4S/c1-12-11-14(19(25)23-7-9-28-10-8-23)3-5-16(12)22-18(24)17-6-4-15(20(26)27)13(2)21-17/h3-6,11H,7-10H2,1-2H3,(H,22,24)(H,26,27). The number of pyridine rings is 1. The van der Waals surface area contributed by atoms with E-state index in [2.05, 4.69) is 10.3 Å². The maximum Gasteiger partial charge on any atom is 0.337 e. The lowest BCUT2D eigenvalue weighted by Gasteiger charge is -2.26. The van der Waals surface area contributed by atoms with Crippen LogP contribution in [0.1, 0.15) is 42.5 Å². The van der Waals surface area contributed by atoms with E-state index in [0.717, 1.165) is 30.2 Å². The molecular formula is C20H21N3O4S. The number of nitrogens with zero attached hydrogens (tertiary/aromatic N) is 2. The van der Waals surface area contributed by atoms with Gasteiger partial charge >= 0.3 is 5.97 Å². The number of benzene rings is 1. The Labute approximate surface area is 167 Å². The number of aryl methyl sites for hydroxylation is 2. The van der Waals surface area contributed by atoms with Crippen LogP contribution in [0.3, 0.4) is 0 Å². The zero-order valence-electron chi connectivity index (χ0n) is 15.7. The van der Waals surface area contributed by atoms with Gasteiger partial charge in [-0.2, -0.15) is 11.8 Å². The van der Waals surface area contributed by atoms with Gasteiger partial charge in [-0.3, -0.25) is 9.59 Å². The highest BCUT2D eigenvalue weighted by atomic mass is 32.2. The molecule has 0 atom stereocenters. The quantitative estimate of drug-likeness (QED) is 0.820. The Morgan fingerprint density at radius 3 is 2.43 bits per heavy atom. The van der Waals surface area contributed by atoms with Crippen LogP contribution in [0.4, 0.5) is 5.69 Å². The van der Waals surface area contributed by atoms with Crippen molar-refractivity contribution in [2.75, 3.05) is 29.9 Å². The number of rotatable bonds is 4. The molecule has 2 heterocycles. The van der Waals surface area contributed by atoms with Crippen molar-refractivity contribution in [1.29, 1.82) is 0 Å². The molecule has 1 aromatic carbocycles. The van der Waals surface area contributed by atoms with Gasteiger partial charge in [0.05, 0.1) is 11.3 Å². The topological polar surface area (TPSA) is 99.6 Å². The number of thioether (sulfide) groups is 1. The normalized spacial score (nSPS) is 13.9. The van der Waals surface area contributed by atoms with Crippen LogP contribution in [0, 0.1) is 13.8 Å². The van der Waals surface area contributed by atoms with Crippen molar-refractivity contribution < 1.29 is 19.5 Å². The van der Waals surface area contributed by atoms with Gasteiger partial charge in [0.2, 0.25) is 0 Å². The van der Waals surface area contributed by atoms with Crippen molar-refractivity contribution in [1.82, 2.24) is 9.88 Å². The van der Waals surface area contributed by atoms with Crippen LogP contribution in [0.15, 0.2) is 30.3 Å². The summed E-state index contributed by atoms with van der Waals surface area (Å²) in [6, 6.07) is 7.93. The first-order chi connectivity index (χ1) is 13.4. The van der Waals surface area contributed by atoms with Gasteiger partial charge in [-0.15, -0.1) is 0 Å². The Kier molecular flexibility index (Phi) is 5.99. The molecule has 1 aromatic heterocycles. The third-order valence-corrected chi connectivity index (χ3v) is 5.51. The first kappa shape index (κ1) is 19.9. The molecule has 0 bridgehead atoms. The molecule has 1 saturated heterocycles. The van der Waals surface area contributed by atoms with Gasteiger partial charge in [0.1, 0.15) is 5.69 Å². The fourth-order valence-corrected chi connectivity index (χ4v) is 3.89. The predicted molar refractivity (Wildman–Crippen MR) is 108 cm³/mol. The van der Waals surface area contributed by atoms with E-state index >= 15 is 0 Å². The van der Waals surface area contributed by atoms with Gasteiger partial charge < -0.3 is 15.3 Å². The maximum atomic E-state index is 12.6.